The standard InChI is InChI=1S/C72H127N2O6P/c1-6-8-10-12-14-16-18-20-22-24-26-28-30-32-34-35-36-37-38-39-40-42-44-46-48-50-52-54-56-58-60-62-64-66-72(76)73-70(69-80-81(77,78)79-68-67-74(3,4)5)71(75)65-63-61-59-57-55-53-51-49-47-45-43-41-33-31-29-27-25-23-21-19-17-15-13-11-9-7-2/h8,10,14,16,20,22,26,28,32,34,36-37,39-40,47,49,55,57,63,65,70-71,75H,6-7,9,11-13,15,17-19,21,23-25,27,29-31,33,35,38,41-46,48,50-54,56,58-62,64,66-69H2,1-5H3,(H-,73,76,77,78)/b10-8-,16-14-,22-20-,28-26-,34-32-,37-36-,40-39-,49-47+,57-55+,65-63+. The second kappa shape index (κ2) is 61.5. The van der Waals surface area contributed by atoms with E-state index in [1.54, 1.807) is 6.08 Å². The molecule has 0 saturated heterocycles. The summed E-state index contributed by atoms with van der Waals surface area (Å²) < 4.78 is 23.4. The van der Waals surface area contributed by atoms with E-state index >= 15 is 0 Å². The van der Waals surface area contributed by atoms with E-state index in [2.05, 4.69) is 129 Å². The number of allylic oxidation sites excluding steroid dienone is 19. The Bertz CT molecular complexity index is 1730. The number of phosphoric ester groups is 1. The van der Waals surface area contributed by atoms with Crippen LogP contribution >= 0.6 is 7.82 Å². The topological polar surface area (TPSA) is 108 Å². The Labute approximate surface area is 501 Å². The van der Waals surface area contributed by atoms with Gasteiger partial charge in [-0.15, -0.1) is 0 Å². The zero-order chi connectivity index (χ0) is 59.1. The Balaban J connectivity index is 4.21. The predicted molar refractivity (Wildman–Crippen MR) is 352 cm³/mol. The van der Waals surface area contributed by atoms with E-state index in [-0.39, 0.29) is 12.5 Å². The van der Waals surface area contributed by atoms with Crippen molar-refractivity contribution in [1.29, 1.82) is 0 Å². The summed E-state index contributed by atoms with van der Waals surface area (Å²) in [6, 6.07) is -0.921. The van der Waals surface area contributed by atoms with Crippen LogP contribution in [0.4, 0.5) is 0 Å². The van der Waals surface area contributed by atoms with E-state index in [1.807, 2.05) is 27.2 Å². The number of rotatable bonds is 60. The second-order valence-corrected chi connectivity index (χ2v) is 24.8. The van der Waals surface area contributed by atoms with Gasteiger partial charge in [0.05, 0.1) is 39.9 Å². The van der Waals surface area contributed by atoms with Gasteiger partial charge < -0.3 is 28.8 Å². The molecule has 0 aliphatic rings. The van der Waals surface area contributed by atoms with E-state index in [0.717, 1.165) is 96.3 Å². The number of hydrogen-bond donors (Lipinski definition) is 2. The molecule has 3 atom stereocenters. The minimum Gasteiger partial charge on any atom is -0.756 e. The van der Waals surface area contributed by atoms with Gasteiger partial charge in [-0.25, -0.2) is 0 Å². The monoisotopic (exact) mass is 1150 g/mol. The molecule has 1 amide bonds. The molecule has 9 heteroatoms. The predicted octanol–water partition coefficient (Wildman–Crippen LogP) is 20.6. The van der Waals surface area contributed by atoms with E-state index in [9.17, 15) is 19.4 Å². The summed E-state index contributed by atoms with van der Waals surface area (Å²) in [7, 11) is 1.22. The molecule has 0 radical (unpaired) electrons. The number of unbranched alkanes of at least 4 members (excludes halogenated alkanes) is 29. The lowest BCUT2D eigenvalue weighted by Crippen LogP contribution is -2.45. The molecule has 0 aliphatic carbocycles. The highest BCUT2D eigenvalue weighted by molar-refractivity contribution is 7.45. The SMILES string of the molecule is CC/C=C\C/C=C\C/C=C\C/C=C\C/C=C\C/C=C\C/C=C\CCCCCCCCCCCCCC(=O)NC(COP(=O)([O-])OCC[N+](C)(C)C)C(O)/C=C/CC/C=C/CC/C=C/CCCCCCCCCCCCCCCCCC. The molecule has 0 aromatic carbocycles. The number of quaternary nitrogens is 1. The number of nitrogens with one attached hydrogen (secondary N) is 1. The first-order valence-electron chi connectivity index (χ1n) is 33.4. The molecule has 0 aromatic heterocycles. The zero-order valence-electron chi connectivity index (χ0n) is 53.2. The summed E-state index contributed by atoms with van der Waals surface area (Å²) in [5.74, 6) is -0.217. The lowest BCUT2D eigenvalue weighted by molar-refractivity contribution is -0.870. The molecule has 8 nitrogen and oxygen atoms in total. The number of phosphoric acid groups is 1. The summed E-state index contributed by atoms with van der Waals surface area (Å²) in [5.41, 5.74) is 0. The number of aliphatic hydroxyl groups is 1. The van der Waals surface area contributed by atoms with Gasteiger partial charge in [0.1, 0.15) is 13.2 Å². The van der Waals surface area contributed by atoms with Gasteiger partial charge in [0.15, 0.2) is 0 Å². The van der Waals surface area contributed by atoms with Crippen LogP contribution in [0.25, 0.3) is 0 Å². The molecular weight excluding hydrogens is 1020 g/mol. The van der Waals surface area contributed by atoms with Crippen molar-refractivity contribution in [3.05, 3.63) is 122 Å². The van der Waals surface area contributed by atoms with Crippen LogP contribution in [0.2, 0.25) is 0 Å². The molecule has 0 fully saturated rings. The van der Waals surface area contributed by atoms with Gasteiger partial charge in [-0.2, -0.15) is 0 Å². The average Bonchev–Trinajstić information content (AvgIpc) is 3.43. The van der Waals surface area contributed by atoms with Crippen molar-refractivity contribution in [3.8, 4) is 0 Å². The van der Waals surface area contributed by atoms with Crippen molar-refractivity contribution in [2.75, 3.05) is 40.9 Å². The fourth-order valence-corrected chi connectivity index (χ4v) is 9.95. The van der Waals surface area contributed by atoms with Crippen LogP contribution in [-0.4, -0.2) is 68.5 Å². The highest BCUT2D eigenvalue weighted by Crippen LogP contribution is 2.38. The molecule has 0 bridgehead atoms. The minimum atomic E-state index is -4.62. The second-order valence-electron chi connectivity index (χ2n) is 23.4. The fraction of sp³-hybridized carbons (Fsp3) is 0.708. The Kier molecular flexibility index (Phi) is 59.1. The van der Waals surface area contributed by atoms with Crippen molar-refractivity contribution >= 4 is 13.7 Å². The summed E-state index contributed by atoms with van der Waals surface area (Å²) >= 11 is 0. The largest absolute Gasteiger partial charge is 0.756 e. The fourth-order valence-electron chi connectivity index (χ4n) is 9.23. The highest BCUT2D eigenvalue weighted by Gasteiger charge is 2.23. The quantitative estimate of drug-likeness (QED) is 0.0272. The Morgan fingerprint density at radius 3 is 1.15 bits per heavy atom. The van der Waals surface area contributed by atoms with Crippen LogP contribution in [0.3, 0.4) is 0 Å². The maximum atomic E-state index is 13.0. The first-order chi connectivity index (χ1) is 39.5. The van der Waals surface area contributed by atoms with Gasteiger partial charge in [-0.1, -0.05) is 289 Å². The molecule has 0 heterocycles. The van der Waals surface area contributed by atoms with Crippen LogP contribution < -0.4 is 10.2 Å². The summed E-state index contributed by atoms with van der Waals surface area (Å²) in [6.07, 6.45) is 91.6. The molecule has 0 saturated carbocycles. The molecule has 0 rings (SSSR count). The van der Waals surface area contributed by atoms with Crippen molar-refractivity contribution in [2.24, 2.45) is 0 Å². The molecule has 466 valence electrons. The summed E-state index contributed by atoms with van der Waals surface area (Å²) in [4.78, 5) is 25.6. The molecule has 0 spiro atoms. The molecule has 2 N–H and O–H groups in total. The minimum absolute atomic E-state index is 0.0150. The first kappa shape index (κ1) is 77.9. The number of amides is 1. The number of aliphatic hydroxyl groups excluding tert-OH is 1. The van der Waals surface area contributed by atoms with Crippen LogP contribution in [0.15, 0.2) is 122 Å². The van der Waals surface area contributed by atoms with Gasteiger partial charge in [-0.05, 0) is 103 Å². The van der Waals surface area contributed by atoms with Crippen LogP contribution in [0.1, 0.15) is 277 Å². The van der Waals surface area contributed by atoms with E-state index in [1.165, 1.54) is 161 Å². The lowest BCUT2D eigenvalue weighted by Gasteiger charge is -2.29. The Hall–Kier alpha value is -3.10. The van der Waals surface area contributed by atoms with E-state index in [4.69, 9.17) is 9.05 Å². The Morgan fingerprint density at radius 1 is 0.444 bits per heavy atom. The maximum Gasteiger partial charge on any atom is 0.268 e. The normalized spacial score (nSPS) is 14.5. The Morgan fingerprint density at radius 2 is 0.765 bits per heavy atom. The van der Waals surface area contributed by atoms with Crippen molar-refractivity contribution in [2.45, 2.75) is 289 Å². The van der Waals surface area contributed by atoms with Gasteiger partial charge in [-0.3, -0.25) is 9.36 Å². The molecule has 3 unspecified atom stereocenters. The van der Waals surface area contributed by atoms with Gasteiger partial charge in [0.25, 0.3) is 7.82 Å². The van der Waals surface area contributed by atoms with Crippen LogP contribution in [0, 0.1) is 0 Å². The molecule has 0 aromatic rings. The number of nitrogens with zero attached hydrogens (tertiary/aromatic N) is 1. The van der Waals surface area contributed by atoms with Crippen molar-refractivity contribution in [1.82, 2.24) is 5.32 Å². The average molecular weight is 1150 g/mol. The van der Waals surface area contributed by atoms with Gasteiger partial charge in [0.2, 0.25) is 5.91 Å². The van der Waals surface area contributed by atoms with Crippen LogP contribution in [0.5, 0.6) is 0 Å². The van der Waals surface area contributed by atoms with Crippen LogP contribution in [-0.2, 0) is 18.4 Å². The third-order valence-corrected chi connectivity index (χ3v) is 15.3. The zero-order valence-corrected chi connectivity index (χ0v) is 54.1. The maximum absolute atomic E-state index is 13.0. The van der Waals surface area contributed by atoms with Crippen molar-refractivity contribution in [3.63, 3.8) is 0 Å². The van der Waals surface area contributed by atoms with Gasteiger partial charge in [0, 0.05) is 6.42 Å². The van der Waals surface area contributed by atoms with E-state index in [0.29, 0.717) is 17.4 Å². The molecular formula is C72H127N2O6P. The lowest BCUT2D eigenvalue weighted by atomic mass is 10.0. The molecule has 81 heavy (non-hydrogen) atoms. The summed E-state index contributed by atoms with van der Waals surface area (Å²) in [6.45, 7) is 4.52. The molecule has 0 aliphatic heterocycles. The third kappa shape index (κ3) is 64.3. The third-order valence-electron chi connectivity index (χ3n) is 14.4. The first-order valence-corrected chi connectivity index (χ1v) is 34.9. The van der Waals surface area contributed by atoms with Gasteiger partial charge >= 0.3 is 0 Å². The number of likely N-dealkylation sites (N-methyl/N-ethyl adjacent to an activating group) is 1. The summed E-state index contributed by atoms with van der Waals surface area (Å²) in [5, 5.41) is 13.9. The van der Waals surface area contributed by atoms with E-state index < -0.39 is 26.6 Å². The number of hydrogen-bond acceptors (Lipinski definition) is 6. The number of carbonyl (C=O) groups is 1. The number of carbonyl (C=O) groups excluding carboxylic acids is 1. The van der Waals surface area contributed by atoms with Crippen molar-refractivity contribution < 1.29 is 32.9 Å². The smallest absolute Gasteiger partial charge is 0.268 e. The highest BCUT2D eigenvalue weighted by atomic mass is 31.2.